The summed E-state index contributed by atoms with van der Waals surface area (Å²) in [4.78, 5) is 10.6. The zero-order valence-corrected chi connectivity index (χ0v) is 7.90. The van der Waals surface area contributed by atoms with Gasteiger partial charge in [0.2, 0.25) is 0 Å². The first-order valence-corrected chi connectivity index (χ1v) is 4.35. The van der Waals surface area contributed by atoms with E-state index in [2.05, 4.69) is 10.5 Å². The van der Waals surface area contributed by atoms with E-state index in [0.29, 0.717) is 6.42 Å². The van der Waals surface area contributed by atoms with Crippen molar-refractivity contribution in [2.24, 2.45) is 5.10 Å². The first-order chi connectivity index (χ1) is 6.74. The Bertz CT molecular complexity index is 333. The molecule has 0 amide bonds. The molecular weight excluding hydrogens is 180 g/mol. The molecule has 0 fully saturated rings. The van der Waals surface area contributed by atoms with Crippen LogP contribution in [-0.2, 0) is 4.79 Å². The predicted molar refractivity (Wildman–Crippen MR) is 55.4 cm³/mol. The quantitative estimate of drug-likeness (QED) is 0.566. The molecule has 0 radical (unpaired) electrons. The highest BCUT2D eigenvalue weighted by atomic mass is 16.4. The Balaban J connectivity index is 2.66. The number of hydrogen-bond donors (Lipinski definition) is 2. The molecule has 4 heteroatoms. The van der Waals surface area contributed by atoms with Gasteiger partial charge in [0.1, 0.15) is 5.71 Å². The van der Waals surface area contributed by atoms with E-state index in [1.165, 1.54) is 0 Å². The van der Waals surface area contributed by atoms with Gasteiger partial charge in [0.15, 0.2) is 0 Å². The number of hydrogen-bond acceptors (Lipinski definition) is 3. The normalized spacial score (nSPS) is 11.1. The van der Waals surface area contributed by atoms with E-state index in [0.717, 1.165) is 5.69 Å². The number of hydrazone groups is 1. The molecule has 0 atom stereocenters. The molecule has 1 aromatic carbocycles. The van der Waals surface area contributed by atoms with Gasteiger partial charge in [-0.2, -0.15) is 5.10 Å². The van der Waals surface area contributed by atoms with E-state index >= 15 is 0 Å². The lowest BCUT2D eigenvalue weighted by molar-refractivity contribution is -0.129. The topological polar surface area (TPSA) is 61.7 Å². The van der Waals surface area contributed by atoms with Crippen molar-refractivity contribution in [2.75, 3.05) is 5.43 Å². The van der Waals surface area contributed by atoms with Crippen molar-refractivity contribution >= 4 is 17.4 Å². The summed E-state index contributed by atoms with van der Waals surface area (Å²) in [6.45, 7) is 1.75. The Morgan fingerprint density at radius 3 is 2.57 bits per heavy atom. The largest absolute Gasteiger partial charge is 0.477 e. The molecule has 4 nitrogen and oxygen atoms in total. The summed E-state index contributed by atoms with van der Waals surface area (Å²) in [5.74, 6) is -0.990. The Morgan fingerprint density at radius 2 is 2.07 bits per heavy atom. The van der Waals surface area contributed by atoms with Gasteiger partial charge in [-0.3, -0.25) is 5.43 Å². The molecule has 0 saturated carbocycles. The van der Waals surface area contributed by atoms with Crippen molar-refractivity contribution in [3.05, 3.63) is 30.3 Å². The van der Waals surface area contributed by atoms with Crippen molar-refractivity contribution in [2.45, 2.75) is 13.3 Å². The van der Waals surface area contributed by atoms with Crippen LogP contribution >= 0.6 is 0 Å². The number of aliphatic carboxylic acids is 1. The molecule has 0 aliphatic rings. The van der Waals surface area contributed by atoms with Gasteiger partial charge in [0, 0.05) is 0 Å². The average Bonchev–Trinajstić information content (AvgIpc) is 2.20. The fourth-order valence-corrected chi connectivity index (χ4v) is 0.923. The minimum Gasteiger partial charge on any atom is -0.477 e. The third-order valence-electron chi connectivity index (χ3n) is 1.68. The molecule has 0 bridgehead atoms. The Kier molecular flexibility index (Phi) is 3.67. The van der Waals surface area contributed by atoms with E-state index in [-0.39, 0.29) is 5.71 Å². The number of carboxylic acids is 1. The van der Waals surface area contributed by atoms with Crippen molar-refractivity contribution in [1.82, 2.24) is 0 Å². The predicted octanol–water partition coefficient (Wildman–Crippen LogP) is 1.95. The molecule has 1 rings (SSSR count). The van der Waals surface area contributed by atoms with Gasteiger partial charge in [0.05, 0.1) is 5.69 Å². The molecule has 1 aromatic rings. The highest BCUT2D eigenvalue weighted by Gasteiger charge is 2.05. The van der Waals surface area contributed by atoms with Gasteiger partial charge < -0.3 is 5.11 Å². The van der Waals surface area contributed by atoms with Crippen LogP contribution in [0.4, 0.5) is 5.69 Å². The summed E-state index contributed by atoms with van der Waals surface area (Å²) in [7, 11) is 0. The van der Waals surface area contributed by atoms with Crippen molar-refractivity contribution < 1.29 is 9.90 Å². The second kappa shape index (κ2) is 5.01. The van der Waals surface area contributed by atoms with E-state index in [9.17, 15) is 4.79 Å². The molecule has 0 spiro atoms. The van der Waals surface area contributed by atoms with Crippen molar-refractivity contribution in [3.8, 4) is 0 Å². The number of benzene rings is 1. The van der Waals surface area contributed by atoms with Gasteiger partial charge in [-0.25, -0.2) is 4.79 Å². The fraction of sp³-hybridized carbons (Fsp3) is 0.200. The van der Waals surface area contributed by atoms with Crippen LogP contribution < -0.4 is 5.43 Å². The monoisotopic (exact) mass is 192 g/mol. The lowest BCUT2D eigenvalue weighted by Gasteiger charge is -2.00. The third kappa shape index (κ3) is 2.90. The van der Waals surface area contributed by atoms with Gasteiger partial charge >= 0.3 is 5.97 Å². The maximum atomic E-state index is 10.6. The SMILES string of the molecule is CC/C(=N\Nc1ccccc1)C(=O)O. The highest BCUT2D eigenvalue weighted by molar-refractivity contribution is 6.35. The van der Waals surface area contributed by atoms with E-state index < -0.39 is 5.97 Å². The standard InChI is InChI=1S/C10H12N2O2/c1-2-9(10(13)14)12-11-8-6-4-3-5-7-8/h3-7,11H,2H2,1H3,(H,13,14)/b12-9+. The minimum atomic E-state index is -0.990. The third-order valence-corrected chi connectivity index (χ3v) is 1.68. The molecule has 14 heavy (non-hydrogen) atoms. The van der Waals surface area contributed by atoms with Crippen LogP contribution in [0.25, 0.3) is 0 Å². The number of nitrogens with zero attached hydrogens (tertiary/aromatic N) is 1. The summed E-state index contributed by atoms with van der Waals surface area (Å²) in [6.07, 6.45) is 0.398. The van der Waals surface area contributed by atoms with E-state index in [1.807, 2.05) is 30.3 Å². The summed E-state index contributed by atoms with van der Waals surface area (Å²) in [5, 5.41) is 12.5. The Morgan fingerprint density at radius 1 is 1.43 bits per heavy atom. The molecule has 0 aliphatic heterocycles. The lowest BCUT2D eigenvalue weighted by Crippen LogP contribution is -2.13. The summed E-state index contributed by atoms with van der Waals surface area (Å²) in [5.41, 5.74) is 3.58. The Labute approximate surface area is 82.3 Å². The van der Waals surface area contributed by atoms with Crippen LogP contribution in [0.5, 0.6) is 0 Å². The van der Waals surface area contributed by atoms with Crippen LogP contribution in [0.1, 0.15) is 13.3 Å². The molecule has 0 saturated heterocycles. The second-order valence-corrected chi connectivity index (χ2v) is 2.70. The van der Waals surface area contributed by atoms with E-state index in [1.54, 1.807) is 6.92 Å². The molecule has 0 heterocycles. The van der Waals surface area contributed by atoms with Gasteiger partial charge in [-0.15, -0.1) is 0 Å². The first kappa shape index (κ1) is 10.2. The van der Waals surface area contributed by atoms with Crippen molar-refractivity contribution in [3.63, 3.8) is 0 Å². The number of nitrogens with one attached hydrogen (secondary N) is 1. The zero-order valence-electron chi connectivity index (χ0n) is 7.90. The summed E-state index contributed by atoms with van der Waals surface area (Å²) in [6, 6.07) is 9.22. The maximum Gasteiger partial charge on any atom is 0.352 e. The van der Waals surface area contributed by atoms with Gasteiger partial charge in [-0.1, -0.05) is 25.1 Å². The number of anilines is 1. The van der Waals surface area contributed by atoms with E-state index in [4.69, 9.17) is 5.11 Å². The molecular formula is C10H12N2O2. The Hall–Kier alpha value is -1.84. The molecule has 0 unspecified atom stereocenters. The average molecular weight is 192 g/mol. The number of rotatable bonds is 4. The summed E-state index contributed by atoms with van der Waals surface area (Å²) >= 11 is 0. The molecule has 74 valence electrons. The van der Waals surface area contributed by atoms with Gasteiger partial charge in [0.25, 0.3) is 0 Å². The molecule has 0 aliphatic carbocycles. The number of para-hydroxylation sites is 1. The number of carbonyl (C=O) groups is 1. The lowest BCUT2D eigenvalue weighted by atomic mass is 10.3. The molecule has 0 aromatic heterocycles. The van der Waals surface area contributed by atoms with Crippen LogP contribution in [0, 0.1) is 0 Å². The van der Waals surface area contributed by atoms with Crippen LogP contribution in [0.2, 0.25) is 0 Å². The van der Waals surface area contributed by atoms with Crippen LogP contribution in [0.15, 0.2) is 35.4 Å². The first-order valence-electron chi connectivity index (χ1n) is 4.35. The van der Waals surface area contributed by atoms with Gasteiger partial charge in [-0.05, 0) is 18.6 Å². The fourth-order valence-electron chi connectivity index (χ4n) is 0.923. The van der Waals surface area contributed by atoms with Crippen LogP contribution in [0.3, 0.4) is 0 Å². The van der Waals surface area contributed by atoms with Crippen molar-refractivity contribution in [1.29, 1.82) is 0 Å². The maximum absolute atomic E-state index is 10.6. The smallest absolute Gasteiger partial charge is 0.352 e. The minimum absolute atomic E-state index is 0.119. The number of carboxylic acid groups (broad SMARTS) is 1. The summed E-state index contributed by atoms with van der Waals surface area (Å²) < 4.78 is 0. The highest BCUT2D eigenvalue weighted by Crippen LogP contribution is 2.04. The second-order valence-electron chi connectivity index (χ2n) is 2.70. The van der Waals surface area contributed by atoms with Crippen LogP contribution in [-0.4, -0.2) is 16.8 Å². The molecule has 2 N–H and O–H groups in total. The zero-order chi connectivity index (χ0) is 10.4.